The van der Waals surface area contributed by atoms with Gasteiger partial charge in [0.25, 0.3) is 0 Å². The summed E-state index contributed by atoms with van der Waals surface area (Å²) in [5.41, 5.74) is 7.20. The van der Waals surface area contributed by atoms with E-state index in [-0.39, 0.29) is 11.6 Å². The molecule has 110 valence electrons. The number of aromatic amines is 1. The number of amides is 1. The maximum Gasteiger partial charge on any atom is 0.404 e. The molecule has 3 aromatic rings. The Labute approximate surface area is 137 Å². The third-order valence-electron chi connectivity index (χ3n) is 3.21. The second kappa shape index (κ2) is 5.48. The Kier molecular flexibility index (Phi) is 3.64. The van der Waals surface area contributed by atoms with Gasteiger partial charge in [-0.05, 0) is 28.1 Å². The lowest BCUT2D eigenvalue weighted by Crippen LogP contribution is -2.12. The number of nitrogens with one attached hydrogen (secondary N) is 1. The average Bonchev–Trinajstić information content (AvgIpc) is 2.83. The number of ether oxygens (including phenoxy) is 1. The summed E-state index contributed by atoms with van der Waals surface area (Å²) >= 11 is 9.54. The highest BCUT2D eigenvalue weighted by molar-refractivity contribution is 9.10. The highest BCUT2D eigenvalue weighted by Crippen LogP contribution is 2.35. The number of carbonyl (C=O) groups is 1. The van der Waals surface area contributed by atoms with Gasteiger partial charge in [0.15, 0.2) is 0 Å². The molecule has 1 aromatic carbocycles. The van der Waals surface area contributed by atoms with Crippen molar-refractivity contribution in [1.82, 2.24) is 9.97 Å². The monoisotopic (exact) mass is 378 g/mol. The second-order valence-electron chi connectivity index (χ2n) is 4.54. The maximum absolute atomic E-state index is 10.8. The van der Waals surface area contributed by atoms with Crippen molar-refractivity contribution in [2.45, 2.75) is 6.61 Å². The third kappa shape index (κ3) is 2.36. The number of nitrogens with two attached hydrogens (primary N) is 1. The zero-order valence-electron chi connectivity index (χ0n) is 11.0. The molecule has 0 aliphatic rings. The number of primary amides is 1. The molecule has 8 heteroatoms. The zero-order chi connectivity index (χ0) is 15.9. The van der Waals surface area contributed by atoms with E-state index in [1.165, 1.54) is 0 Å². The lowest BCUT2D eigenvalue weighted by Gasteiger charge is -2.06. The average molecular weight is 380 g/mol. The van der Waals surface area contributed by atoms with Crippen LogP contribution < -0.4 is 5.73 Å². The van der Waals surface area contributed by atoms with Crippen molar-refractivity contribution >= 4 is 55.6 Å². The molecule has 0 aliphatic heterocycles. The van der Waals surface area contributed by atoms with Gasteiger partial charge >= 0.3 is 6.09 Å². The molecule has 6 nitrogen and oxygen atoms in total. The van der Waals surface area contributed by atoms with E-state index >= 15 is 0 Å². The molecule has 2 heterocycles. The minimum absolute atomic E-state index is 0.0503. The number of benzene rings is 1. The fraction of sp³-hybridized carbons (Fsp3) is 0.0714. The highest BCUT2D eigenvalue weighted by atomic mass is 79.9. The molecule has 1 amide bonds. The first-order chi connectivity index (χ1) is 10.5. The largest absolute Gasteiger partial charge is 0.445 e. The number of hydrogen-bond acceptors (Lipinski definition) is 4. The fourth-order valence-electron chi connectivity index (χ4n) is 2.33. The van der Waals surface area contributed by atoms with E-state index < -0.39 is 6.09 Å². The van der Waals surface area contributed by atoms with E-state index in [9.17, 15) is 10.1 Å². The normalized spacial score (nSPS) is 10.8. The highest BCUT2D eigenvalue weighted by Gasteiger charge is 2.17. The summed E-state index contributed by atoms with van der Waals surface area (Å²) < 4.78 is 5.61. The maximum atomic E-state index is 10.8. The Morgan fingerprint density at radius 2 is 2.32 bits per heavy atom. The van der Waals surface area contributed by atoms with E-state index in [0.717, 1.165) is 9.86 Å². The van der Waals surface area contributed by atoms with Crippen LogP contribution in [0.15, 0.2) is 22.8 Å². The van der Waals surface area contributed by atoms with Gasteiger partial charge in [-0.3, -0.25) is 0 Å². The van der Waals surface area contributed by atoms with Gasteiger partial charge in [-0.1, -0.05) is 11.6 Å². The number of carbonyl (C=O) groups excluding carboxylic acids is 1. The molecule has 0 bridgehead atoms. The van der Waals surface area contributed by atoms with Crippen LogP contribution in [0.5, 0.6) is 0 Å². The lowest BCUT2D eigenvalue weighted by molar-refractivity contribution is 0.150. The molecule has 0 radical (unpaired) electrons. The van der Waals surface area contributed by atoms with Crippen LogP contribution in [-0.4, -0.2) is 16.1 Å². The van der Waals surface area contributed by atoms with Crippen molar-refractivity contribution in [3.63, 3.8) is 0 Å². The molecule has 22 heavy (non-hydrogen) atoms. The summed E-state index contributed by atoms with van der Waals surface area (Å²) in [6, 6.07) is 5.52. The number of pyridine rings is 1. The molecule has 0 atom stereocenters. The number of nitriles is 1. The molecule has 0 unspecified atom stereocenters. The van der Waals surface area contributed by atoms with Crippen LogP contribution in [0.4, 0.5) is 4.79 Å². The standard InChI is InChI=1S/C14H8BrClN4O2/c15-7-2-8-11-9(3-17)10(16)1-6(5-22-14(18)21)12(11)20-13(8)19-4-7/h1-2,4H,5H2,(H2,18,21)(H,19,20). The number of halogens is 2. The molecule has 0 saturated carbocycles. The summed E-state index contributed by atoms with van der Waals surface area (Å²) in [7, 11) is 0. The van der Waals surface area contributed by atoms with Crippen molar-refractivity contribution in [3.05, 3.63) is 39.0 Å². The first-order valence-corrected chi connectivity index (χ1v) is 7.29. The minimum Gasteiger partial charge on any atom is -0.445 e. The number of hydrogen-bond donors (Lipinski definition) is 2. The van der Waals surface area contributed by atoms with Gasteiger partial charge < -0.3 is 15.5 Å². The first-order valence-electron chi connectivity index (χ1n) is 6.12. The predicted molar refractivity (Wildman–Crippen MR) is 85.4 cm³/mol. The Morgan fingerprint density at radius 3 is 3.00 bits per heavy atom. The van der Waals surface area contributed by atoms with Crippen LogP contribution >= 0.6 is 27.5 Å². The summed E-state index contributed by atoms with van der Waals surface area (Å²) in [4.78, 5) is 18.2. The van der Waals surface area contributed by atoms with Crippen LogP contribution in [0.2, 0.25) is 5.02 Å². The van der Waals surface area contributed by atoms with Gasteiger partial charge in [-0.25, -0.2) is 9.78 Å². The van der Waals surface area contributed by atoms with E-state index in [0.29, 0.717) is 27.7 Å². The SMILES string of the molecule is N#Cc1c(Cl)cc(COC(N)=O)c2[nH]c3ncc(Br)cc3c12. The van der Waals surface area contributed by atoms with Crippen LogP contribution in [0, 0.1) is 11.3 Å². The Balaban J connectivity index is 2.37. The molecule has 3 rings (SSSR count). The van der Waals surface area contributed by atoms with E-state index in [1.807, 2.05) is 6.07 Å². The second-order valence-corrected chi connectivity index (χ2v) is 5.86. The molecular weight excluding hydrogens is 372 g/mol. The summed E-state index contributed by atoms with van der Waals surface area (Å²) in [6.07, 6.45) is 0.760. The van der Waals surface area contributed by atoms with E-state index in [2.05, 4.69) is 32.0 Å². The van der Waals surface area contributed by atoms with Crippen LogP contribution in [0.3, 0.4) is 0 Å². The van der Waals surface area contributed by atoms with Gasteiger partial charge in [0.2, 0.25) is 0 Å². The quantitative estimate of drug-likeness (QED) is 0.709. The first kappa shape index (κ1) is 14.6. The number of rotatable bonds is 2. The van der Waals surface area contributed by atoms with Crippen molar-refractivity contribution in [1.29, 1.82) is 5.26 Å². The number of aromatic nitrogens is 2. The summed E-state index contributed by atoms with van der Waals surface area (Å²) in [5, 5.41) is 11.1. The number of H-pyrrole nitrogens is 1. The number of fused-ring (bicyclic) bond motifs is 3. The lowest BCUT2D eigenvalue weighted by atomic mass is 10.0. The molecule has 0 saturated heterocycles. The summed E-state index contributed by atoms with van der Waals surface area (Å²) in [5.74, 6) is 0. The van der Waals surface area contributed by atoms with Crippen molar-refractivity contribution in [3.8, 4) is 6.07 Å². The van der Waals surface area contributed by atoms with Crippen molar-refractivity contribution in [2.75, 3.05) is 0 Å². The molecular formula is C14H8BrClN4O2. The van der Waals surface area contributed by atoms with E-state index in [1.54, 1.807) is 12.3 Å². The van der Waals surface area contributed by atoms with Gasteiger partial charge in [-0.2, -0.15) is 5.26 Å². The summed E-state index contributed by atoms with van der Waals surface area (Å²) in [6.45, 7) is -0.0503. The molecule has 2 aromatic heterocycles. The molecule has 0 aliphatic carbocycles. The predicted octanol–water partition coefficient (Wildman–Crippen LogP) is 3.60. The minimum atomic E-state index is -0.884. The van der Waals surface area contributed by atoms with Crippen molar-refractivity contribution < 1.29 is 9.53 Å². The fourth-order valence-corrected chi connectivity index (χ4v) is 2.93. The molecule has 0 spiro atoms. The van der Waals surface area contributed by atoms with Crippen LogP contribution in [0.1, 0.15) is 11.1 Å². The third-order valence-corrected chi connectivity index (χ3v) is 3.94. The van der Waals surface area contributed by atoms with Gasteiger partial charge in [-0.15, -0.1) is 0 Å². The van der Waals surface area contributed by atoms with Gasteiger partial charge in [0.05, 0.1) is 16.1 Å². The topological polar surface area (TPSA) is 105 Å². The smallest absolute Gasteiger partial charge is 0.404 e. The zero-order valence-corrected chi connectivity index (χ0v) is 13.3. The Bertz CT molecular complexity index is 961. The Hall–Kier alpha value is -2.30. The Morgan fingerprint density at radius 1 is 1.55 bits per heavy atom. The van der Waals surface area contributed by atoms with Crippen LogP contribution in [-0.2, 0) is 11.3 Å². The van der Waals surface area contributed by atoms with E-state index in [4.69, 9.17) is 22.1 Å². The number of nitrogens with zero attached hydrogens (tertiary/aromatic N) is 2. The van der Waals surface area contributed by atoms with Crippen molar-refractivity contribution in [2.24, 2.45) is 5.73 Å². The van der Waals surface area contributed by atoms with Crippen LogP contribution in [0.25, 0.3) is 21.9 Å². The molecule has 3 N–H and O–H groups in total. The molecule has 0 fully saturated rings. The van der Waals surface area contributed by atoms with Gasteiger partial charge in [0.1, 0.15) is 18.3 Å². The van der Waals surface area contributed by atoms with Gasteiger partial charge in [0, 0.05) is 27.0 Å².